The normalized spacial score (nSPS) is 10.8. The molecule has 1 N–H and O–H groups in total. The summed E-state index contributed by atoms with van der Waals surface area (Å²) in [7, 11) is 1.80. The van der Waals surface area contributed by atoms with Crippen LogP contribution in [0.5, 0.6) is 0 Å². The van der Waals surface area contributed by atoms with Crippen LogP contribution >= 0.6 is 22.9 Å². The van der Waals surface area contributed by atoms with Gasteiger partial charge in [0.1, 0.15) is 10.6 Å². The minimum atomic E-state index is -0.834. The number of anilines is 1. The molecule has 0 aromatic carbocycles. The van der Waals surface area contributed by atoms with Crippen molar-refractivity contribution in [1.82, 2.24) is 9.97 Å². The van der Waals surface area contributed by atoms with Crippen molar-refractivity contribution in [2.45, 2.75) is 13.3 Å². The Balaban J connectivity index is 2.39. The maximum Gasteiger partial charge on any atom is 0.305 e. The summed E-state index contributed by atoms with van der Waals surface area (Å²) >= 11 is 7.43. The SMILES string of the molecule is Cc1cc2c(N(C)CCC(=O)O)nc(Cl)nc2s1. The van der Waals surface area contributed by atoms with E-state index in [0.717, 1.165) is 15.1 Å². The molecule has 2 heterocycles. The molecule has 0 aliphatic heterocycles. The third-order valence-electron chi connectivity index (χ3n) is 2.49. The van der Waals surface area contributed by atoms with Crippen LogP contribution in [0, 0.1) is 6.92 Å². The number of aliphatic carboxylic acids is 1. The molecule has 0 saturated heterocycles. The molecule has 5 nitrogen and oxygen atoms in total. The standard InChI is InChI=1S/C11H12ClN3O2S/c1-6-5-7-9(15(2)4-3-8(16)17)13-11(12)14-10(7)18-6/h5H,3-4H2,1-2H3,(H,16,17). The topological polar surface area (TPSA) is 66.3 Å². The maximum absolute atomic E-state index is 10.6. The van der Waals surface area contributed by atoms with Gasteiger partial charge < -0.3 is 10.0 Å². The van der Waals surface area contributed by atoms with Crippen molar-refractivity contribution in [3.63, 3.8) is 0 Å². The molecule has 0 saturated carbocycles. The van der Waals surface area contributed by atoms with Gasteiger partial charge in [-0.15, -0.1) is 11.3 Å². The van der Waals surface area contributed by atoms with E-state index < -0.39 is 5.97 Å². The van der Waals surface area contributed by atoms with E-state index in [4.69, 9.17) is 16.7 Å². The molecule has 7 heteroatoms. The number of hydrogen-bond acceptors (Lipinski definition) is 5. The van der Waals surface area contributed by atoms with Gasteiger partial charge in [0.25, 0.3) is 0 Å². The maximum atomic E-state index is 10.6. The van der Waals surface area contributed by atoms with Gasteiger partial charge in [-0.3, -0.25) is 4.79 Å². The highest BCUT2D eigenvalue weighted by Crippen LogP contribution is 2.31. The fourth-order valence-electron chi connectivity index (χ4n) is 1.66. The van der Waals surface area contributed by atoms with Crippen molar-refractivity contribution in [3.05, 3.63) is 16.2 Å². The Bertz CT molecular complexity index is 599. The second kappa shape index (κ2) is 5.07. The number of aromatic nitrogens is 2. The lowest BCUT2D eigenvalue weighted by Gasteiger charge is -2.17. The Kier molecular flexibility index (Phi) is 3.68. The van der Waals surface area contributed by atoms with Crippen LogP contribution in [0.1, 0.15) is 11.3 Å². The van der Waals surface area contributed by atoms with Gasteiger partial charge in [-0.2, -0.15) is 4.98 Å². The predicted molar refractivity (Wildman–Crippen MR) is 72.7 cm³/mol. The number of fused-ring (bicyclic) bond motifs is 1. The van der Waals surface area contributed by atoms with Gasteiger partial charge in [-0.25, -0.2) is 4.98 Å². The number of hydrogen-bond donors (Lipinski definition) is 1. The number of carboxylic acids is 1. The van der Waals surface area contributed by atoms with Crippen LogP contribution in [-0.2, 0) is 4.79 Å². The van der Waals surface area contributed by atoms with Crippen molar-refractivity contribution in [2.24, 2.45) is 0 Å². The summed E-state index contributed by atoms with van der Waals surface area (Å²) in [6.45, 7) is 2.37. The van der Waals surface area contributed by atoms with E-state index in [-0.39, 0.29) is 11.7 Å². The van der Waals surface area contributed by atoms with E-state index in [1.54, 1.807) is 23.3 Å². The average Bonchev–Trinajstić information content (AvgIpc) is 2.64. The fourth-order valence-corrected chi connectivity index (χ4v) is 2.75. The van der Waals surface area contributed by atoms with Gasteiger partial charge in [-0.1, -0.05) is 0 Å². The average molecular weight is 286 g/mol. The molecular weight excluding hydrogens is 274 g/mol. The molecule has 0 fully saturated rings. The zero-order chi connectivity index (χ0) is 13.3. The zero-order valence-corrected chi connectivity index (χ0v) is 11.5. The number of aryl methyl sites for hydroxylation is 1. The largest absolute Gasteiger partial charge is 0.481 e. The van der Waals surface area contributed by atoms with E-state index in [2.05, 4.69) is 9.97 Å². The van der Waals surface area contributed by atoms with Crippen molar-refractivity contribution in [1.29, 1.82) is 0 Å². The number of thiophene rings is 1. The minimum absolute atomic E-state index is 0.0583. The molecule has 2 aromatic rings. The Morgan fingerprint density at radius 2 is 2.28 bits per heavy atom. The van der Waals surface area contributed by atoms with E-state index in [9.17, 15) is 4.79 Å². The molecule has 0 aliphatic carbocycles. The van der Waals surface area contributed by atoms with Crippen LogP contribution in [0.2, 0.25) is 5.28 Å². The van der Waals surface area contributed by atoms with E-state index >= 15 is 0 Å². The van der Waals surface area contributed by atoms with Crippen LogP contribution in [0.25, 0.3) is 10.2 Å². The third kappa shape index (κ3) is 2.70. The first kappa shape index (κ1) is 13.0. The van der Waals surface area contributed by atoms with Gasteiger partial charge in [0.2, 0.25) is 5.28 Å². The third-order valence-corrected chi connectivity index (χ3v) is 3.60. The first-order valence-electron chi connectivity index (χ1n) is 5.34. The van der Waals surface area contributed by atoms with E-state index in [1.165, 1.54) is 0 Å². The van der Waals surface area contributed by atoms with Gasteiger partial charge in [-0.05, 0) is 24.6 Å². The van der Waals surface area contributed by atoms with Crippen molar-refractivity contribution in [3.8, 4) is 0 Å². The minimum Gasteiger partial charge on any atom is -0.481 e. The number of carbonyl (C=O) groups is 1. The molecule has 0 aliphatic rings. The molecule has 0 atom stereocenters. The fraction of sp³-hybridized carbons (Fsp3) is 0.364. The molecule has 0 radical (unpaired) electrons. The molecule has 96 valence electrons. The van der Waals surface area contributed by atoms with Gasteiger partial charge >= 0.3 is 5.97 Å². The number of carboxylic acid groups (broad SMARTS) is 1. The van der Waals surface area contributed by atoms with Crippen molar-refractivity contribution < 1.29 is 9.90 Å². The Hall–Kier alpha value is -1.40. The predicted octanol–water partition coefficient (Wildman–Crippen LogP) is 2.56. The van der Waals surface area contributed by atoms with Crippen molar-refractivity contribution >= 4 is 44.9 Å². The van der Waals surface area contributed by atoms with Crippen LogP contribution in [0.15, 0.2) is 6.07 Å². The highest BCUT2D eigenvalue weighted by atomic mass is 35.5. The van der Waals surface area contributed by atoms with E-state index in [0.29, 0.717) is 12.4 Å². The van der Waals surface area contributed by atoms with E-state index in [1.807, 2.05) is 13.0 Å². The second-order valence-corrected chi connectivity index (χ2v) is 5.53. The Morgan fingerprint density at radius 3 is 2.94 bits per heavy atom. The highest BCUT2D eigenvalue weighted by molar-refractivity contribution is 7.18. The van der Waals surface area contributed by atoms with Gasteiger partial charge in [0.05, 0.1) is 11.8 Å². The second-order valence-electron chi connectivity index (χ2n) is 3.96. The summed E-state index contributed by atoms with van der Waals surface area (Å²) in [4.78, 5) is 22.7. The number of halogens is 1. The smallest absolute Gasteiger partial charge is 0.305 e. The molecular formula is C11H12ClN3O2S. The molecule has 18 heavy (non-hydrogen) atoms. The number of nitrogens with zero attached hydrogens (tertiary/aromatic N) is 3. The summed E-state index contributed by atoms with van der Waals surface area (Å²) in [6.07, 6.45) is 0.0583. The lowest BCUT2D eigenvalue weighted by molar-refractivity contribution is -0.136. The highest BCUT2D eigenvalue weighted by Gasteiger charge is 2.13. The summed E-state index contributed by atoms with van der Waals surface area (Å²) in [5, 5.41) is 9.79. The Labute approximate surface area is 113 Å². The summed E-state index contributed by atoms with van der Waals surface area (Å²) in [5.41, 5.74) is 0. The molecule has 0 amide bonds. The molecule has 0 spiro atoms. The van der Waals surface area contributed by atoms with Crippen LogP contribution in [0.4, 0.5) is 5.82 Å². The molecule has 2 aromatic heterocycles. The zero-order valence-electron chi connectivity index (χ0n) is 9.97. The summed E-state index contributed by atoms with van der Waals surface area (Å²) in [6, 6.07) is 1.99. The molecule has 2 rings (SSSR count). The first-order chi connectivity index (χ1) is 8.47. The van der Waals surface area contributed by atoms with Gasteiger partial charge in [0.15, 0.2) is 0 Å². The van der Waals surface area contributed by atoms with Crippen LogP contribution < -0.4 is 4.90 Å². The summed E-state index contributed by atoms with van der Waals surface area (Å²) < 4.78 is 0. The summed E-state index contributed by atoms with van der Waals surface area (Å²) in [5.74, 6) is -0.157. The first-order valence-corrected chi connectivity index (χ1v) is 6.53. The lowest BCUT2D eigenvalue weighted by Crippen LogP contribution is -2.22. The molecule has 0 bridgehead atoms. The Morgan fingerprint density at radius 1 is 1.56 bits per heavy atom. The molecule has 0 unspecified atom stereocenters. The van der Waals surface area contributed by atoms with Crippen LogP contribution in [0.3, 0.4) is 0 Å². The monoisotopic (exact) mass is 285 g/mol. The number of rotatable bonds is 4. The van der Waals surface area contributed by atoms with Gasteiger partial charge in [0, 0.05) is 18.5 Å². The quantitative estimate of drug-likeness (QED) is 0.875. The van der Waals surface area contributed by atoms with Crippen molar-refractivity contribution in [2.75, 3.05) is 18.5 Å². The lowest BCUT2D eigenvalue weighted by atomic mass is 10.3. The van der Waals surface area contributed by atoms with Crippen LogP contribution in [-0.4, -0.2) is 34.6 Å².